The van der Waals surface area contributed by atoms with Gasteiger partial charge < -0.3 is 10.2 Å². The first kappa shape index (κ1) is 21.6. The number of fused-ring (bicyclic) bond motifs is 3. The summed E-state index contributed by atoms with van der Waals surface area (Å²) in [6.07, 6.45) is 8.94. The highest BCUT2D eigenvalue weighted by atomic mass is 16.2. The Hall–Kier alpha value is -3.21. The number of aromatic nitrogens is 1. The standard InChI is InChI=1S/C28H31N3O2/c1-28(2,30-26(32)22-6-4-3-5-7-22)27(33)31-24-10-11-25(31)17-20(16-24)14-19-8-9-21-12-13-29-18-23(21)15-19/h3-9,12-13,15,18,20,24-25H,10-11,14,16-17H2,1-2H3,(H,30,32)/t24-,25-/m0/s1. The Labute approximate surface area is 195 Å². The van der Waals surface area contributed by atoms with E-state index in [1.165, 1.54) is 16.3 Å². The molecule has 2 aliphatic rings. The minimum absolute atomic E-state index is 0.0366. The van der Waals surface area contributed by atoms with E-state index in [1.54, 1.807) is 12.1 Å². The Morgan fingerprint density at radius 2 is 1.73 bits per heavy atom. The largest absolute Gasteiger partial charge is 0.338 e. The second kappa shape index (κ2) is 8.62. The van der Waals surface area contributed by atoms with Gasteiger partial charge in [-0.2, -0.15) is 0 Å². The smallest absolute Gasteiger partial charge is 0.252 e. The summed E-state index contributed by atoms with van der Waals surface area (Å²) >= 11 is 0. The summed E-state index contributed by atoms with van der Waals surface area (Å²) in [5.74, 6) is 0.402. The zero-order chi connectivity index (χ0) is 23.0. The van der Waals surface area contributed by atoms with Crippen molar-refractivity contribution in [3.8, 4) is 0 Å². The predicted molar refractivity (Wildman–Crippen MR) is 130 cm³/mol. The molecule has 170 valence electrons. The summed E-state index contributed by atoms with van der Waals surface area (Å²) in [5.41, 5.74) is 0.979. The van der Waals surface area contributed by atoms with E-state index < -0.39 is 5.54 Å². The molecular weight excluding hydrogens is 410 g/mol. The summed E-state index contributed by atoms with van der Waals surface area (Å²) in [7, 11) is 0. The van der Waals surface area contributed by atoms with E-state index in [1.807, 2.05) is 50.5 Å². The third-order valence-corrected chi connectivity index (χ3v) is 7.29. The molecular formula is C28H31N3O2. The van der Waals surface area contributed by atoms with Gasteiger partial charge in [0.05, 0.1) is 0 Å². The average molecular weight is 442 g/mol. The van der Waals surface area contributed by atoms with Crippen LogP contribution < -0.4 is 5.32 Å². The van der Waals surface area contributed by atoms with Gasteiger partial charge >= 0.3 is 0 Å². The molecule has 2 amide bonds. The number of nitrogens with zero attached hydrogens (tertiary/aromatic N) is 2. The van der Waals surface area contributed by atoms with Gasteiger partial charge in [0.25, 0.3) is 5.91 Å². The molecule has 2 fully saturated rings. The molecule has 0 aliphatic carbocycles. The molecule has 2 aromatic carbocycles. The topological polar surface area (TPSA) is 62.3 Å². The van der Waals surface area contributed by atoms with Crippen molar-refractivity contribution in [3.63, 3.8) is 0 Å². The van der Waals surface area contributed by atoms with Gasteiger partial charge in [0.15, 0.2) is 0 Å². The van der Waals surface area contributed by atoms with Crippen molar-refractivity contribution in [3.05, 3.63) is 78.1 Å². The van der Waals surface area contributed by atoms with Crippen molar-refractivity contribution < 1.29 is 9.59 Å². The highest BCUT2D eigenvalue weighted by Gasteiger charge is 2.47. The fourth-order valence-electron chi connectivity index (χ4n) is 5.70. The number of nitrogens with one attached hydrogen (secondary N) is 1. The van der Waals surface area contributed by atoms with Crippen LogP contribution in [-0.2, 0) is 11.2 Å². The van der Waals surface area contributed by atoms with Gasteiger partial charge in [-0.25, -0.2) is 0 Å². The minimum atomic E-state index is -0.939. The van der Waals surface area contributed by atoms with Gasteiger partial charge in [-0.05, 0) is 87.1 Å². The van der Waals surface area contributed by atoms with Crippen LogP contribution in [0.3, 0.4) is 0 Å². The molecule has 3 aromatic rings. The SMILES string of the molecule is CC(C)(NC(=O)c1ccccc1)C(=O)N1[C@H]2CC[C@H]1CC(Cc1ccc3ccncc3c1)C2. The normalized spacial score (nSPS) is 22.4. The van der Waals surface area contributed by atoms with E-state index in [9.17, 15) is 9.59 Å². The second-order valence-corrected chi connectivity index (χ2v) is 10.1. The summed E-state index contributed by atoms with van der Waals surface area (Å²) in [5, 5.41) is 5.37. The van der Waals surface area contributed by atoms with Crippen molar-refractivity contribution in [2.24, 2.45) is 5.92 Å². The number of carbonyl (C=O) groups excluding carboxylic acids is 2. The van der Waals surface area contributed by atoms with Gasteiger partial charge in [-0.3, -0.25) is 14.6 Å². The van der Waals surface area contributed by atoms with Crippen LogP contribution in [0, 0.1) is 5.92 Å². The van der Waals surface area contributed by atoms with Crippen LogP contribution in [0.1, 0.15) is 55.5 Å². The number of rotatable bonds is 5. The van der Waals surface area contributed by atoms with Gasteiger partial charge in [-0.15, -0.1) is 0 Å². The van der Waals surface area contributed by atoms with Gasteiger partial charge in [0, 0.05) is 35.4 Å². The average Bonchev–Trinajstić information content (AvgIpc) is 3.08. The lowest BCUT2D eigenvalue weighted by atomic mass is 9.84. The third kappa shape index (κ3) is 4.37. The first-order valence-electron chi connectivity index (χ1n) is 11.9. The van der Waals surface area contributed by atoms with E-state index >= 15 is 0 Å². The molecule has 5 heteroatoms. The maximum Gasteiger partial charge on any atom is 0.252 e. The van der Waals surface area contributed by atoms with Crippen LogP contribution >= 0.6 is 0 Å². The zero-order valence-corrected chi connectivity index (χ0v) is 19.3. The fraction of sp³-hybridized carbons (Fsp3) is 0.393. The lowest BCUT2D eigenvalue weighted by Gasteiger charge is -2.43. The minimum Gasteiger partial charge on any atom is -0.338 e. The lowest BCUT2D eigenvalue weighted by molar-refractivity contribution is -0.142. The molecule has 1 N–H and O–H groups in total. The molecule has 33 heavy (non-hydrogen) atoms. The van der Waals surface area contributed by atoms with Crippen LogP contribution in [-0.4, -0.2) is 39.3 Å². The molecule has 5 nitrogen and oxygen atoms in total. The Bertz CT molecular complexity index is 1160. The van der Waals surface area contributed by atoms with Gasteiger partial charge in [-0.1, -0.05) is 30.3 Å². The molecule has 3 heterocycles. The zero-order valence-electron chi connectivity index (χ0n) is 19.3. The first-order valence-corrected chi connectivity index (χ1v) is 11.9. The summed E-state index contributed by atoms with van der Waals surface area (Å²) in [6, 6.07) is 18.3. The molecule has 0 saturated carbocycles. The van der Waals surface area contributed by atoms with Crippen molar-refractivity contribution >= 4 is 22.6 Å². The summed E-state index contributed by atoms with van der Waals surface area (Å²) in [6.45, 7) is 3.65. The molecule has 2 aliphatic heterocycles. The van der Waals surface area contributed by atoms with E-state index in [0.29, 0.717) is 11.5 Å². The third-order valence-electron chi connectivity index (χ3n) is 7.29. The Balaban J connectivity index is 1.25. The van der Waals surface area contributed by atoms with E-state index in [-0.39, 0.29) is 23.9 Å². The number of hydrogen-bond acceptors (Lipinski definition) is 3. The van der Waals surface area contributed by atoms with Crippen LogP contribution in [0.5, 0.6) is 0 Å². The molecule has 1 aromatic heterocycles. The highest BCUT2D eigenvalue weighted by Crippen LogP contribution is 2.41. The maximum absolute atomic E-state index is 13.6. The molecule has 2 saturated heterocycles. The fourth-order valence-corrected chi connectivity index (χ4v) is 5.70. The summed E-state index contributed by atoms with van der Waals surface area (Å²) < 4.78 is 0. The predicted octanol–water partition coefficient (Wildman–Crippen LogP) is 4.76. The molecule has 0 spiro atoms. The highest BCUT2D eigenvalue weighted by molar-refractivity contribution is 5.99. The van der Waals surface area contributed by atoms with E-state index in [0.717, 1.165) is 32.1 Å². The Morgan fingerprint density at radius 1 is 1.00 bits per heavy atom. The maximum atomic E-state index is 13.6. The number of pyridine rings is 1. The monoisotopic (exact) mass is 441 g/mol. The number of carbonyl (C=O) groups is 2. The molecule has 2 bridgehead atoms. The Morgan fingerprint density at radius 3 is 2.45 bits per heavy atom. The number of benzene rings is 2. The second-order valence-electron chi connectivity index (χ2n) is 10.1. The van der Waals surface area contributed by atoms with Crippen molar-refractivity contribution in [1.82, 2.24) is 15.2 Å². The van der Waals surface area contributed by atoms with E-state index in [4.69, 9.17) is 0 Å². The van der Waals surface area contributed by atoms with Crippen LogP contribution in [0.15, 0.2) is 67.0 Å². The number of amides is 2. The van der Waals surface area contributed by atoms with Crippen molar-refractivity contribution in [1.29, 1.82) is 0 Å². The molecule has 2 atom stereocenters. The van der Waals surface area contributed by atoms with Crippen LogP contribution in [0.4, 0.5) is 0 Å². The molecule has 0 radical (unpaired) electrons. The number of hydrogen-bond donors (Lipinski definition) is 1. The quantitative estimate of drug-likeness (QED) is 0.621. The van der Waals surface area contributed by atoms with Crippen LogP contribution in [0.25, 0.3) is 10.8 Å². The number of piperidine rings is 1. The van der Waals surface area contributed by atoms with Gasteiger partial charge in [0.2, 0.25) is 5.91 Å². The van der Waals surface area contributed by atoms with Crippen LogP contribution in [0.2, 0.25) is 0 Å². The van der Waals surface area contributed by atoms with Crippen molar-refractivity contribution in [2.45, 2.75) is 63.6 Å². The van der Waals surface area contributed by atoms with Gasteiger partial charge in [0.1, 0.15) is 5.54 Å². The Kier molecular flexibility index (Phi) is 5.65. The summed E-state index contributed by atoms with van der Waals surface area (Å²) in [4.78, 5) is 32.6. The van der Waals surface area contributed by atoms with Crippen molar-refractivity contribution in [2.75, 3.05) is 0 Å². The van der Waals surface area contributed by atoms with E-state index in [2.05, 4.69) is 33.4 Å². The molecule has 5 rings (SSSR count). The first-order chi connectivity index (χ1) is 15.9. The molecule has 0 unspecified atom stereocenters. The lowest BCUT2D eigenvalue weighted by Crippen LogP contribution is -2.60.